The summed E-state index contributed by atoms with van der Waals surface area (Å²) in [5, 5.41) is 20.3. The molecule has 1 aromatic heterocycles. The molecule has 0 aliphatic heterocycles. The third kappa shape index (κ3) is 5.69. The van der Waals surface area contributed by atoms with Gasteiger partial charge in [-0.05, 0) is 37.0 Å². The van der Waals surface area contributed by atoms with Gasteiger partial charge in [-0.25, -0.2) is 4.98 Å². The highest BCUT2D eigenvalue weighted by Gasteiger charge is 2.19. The predicted octanol–water partition coefficient (Wildman–Crippen LogP) is 4.73. The fraction of sp³-hybridized carbons (Fsp3) is 0.296. The Balaban J connectivity index is 1.72. The van der Waals surface area contributed by atoms with Gasteiger partial charge in [-0.3, -0.25) is 5.41 Å². The first-order chi connectivity index (χ1) is 15.7. The first-order valence-corrected chi connectivity index (χ1v) is 11.2. The van der Waals surface area contributed by atoms with Gasteiger partial charge in [0.2, 0.25) is 0 Å². The summed E-state index contributed by atoms with van der Waals surface area (Å²) in [6.45, 7) is 11.6. The van der Waals surface area contributed by atoms with E-state index in [1.807, 2.05) is 56.6 Å². The number of rotatable bonds is 10. The molecule has 0 unspecified atom stereocenters. The molecule has 6 nitrogen and oxygen atoms in total. The Bertz CT molecular complexity index is 1160. The molecule has 3 aromatic rings. The van der Waals surface area contributed by atoms with E-state index in [-0.39, 0.29) is 5.84 Å². The van der Waals surface area contributed by atoms with Crippen LogP contribution in [0.25, 0.3) is 5.70 Å². The molecule has 0 aliphatic rings. The molecule has 0 fully saturated rings. The van der Waals surface area contributed by atoms with E-state index < -0.39 is 5.41 Å². The number of nitrogens with zero attached hydrogens (tertiary/aromatic N) is 3. The highest BCUT2D eigenvalue weighted by atomic mass is 15.1. The van der Waals surface area contributed by atoms with Gasteiger partial charge in [0.1, 0.15) is 11.5 Å². The lowest BCUT2D eigenvalue weighted by molar-refractivity contribution is 0.684. The number of nitrogens with two attached hydrogens (primary N) is 1. The maximum atomic E-state index is 9.36. The molecule has 0 radical (unpaired) electrons. The molecule has 0 spiro atoms. The van der Waals surface area contributed by atoms with E-state index in [0.29, 0.717) is 12.1 Å². The van der Waals surface area contributed by atoms with Crippen LogP contribution in [0.2, 0.25) is 0 Å². The van der Waals surface area contributed by atoms with Crippen LogP contribution in [-0.2, 0) is 24.9 Å². The summed E-state index contributed by atoms with van der Waals surface area (Å²) in [5.74, 6) is 0.0667. The van der Waals surface area contributed by atoms with Gasteiger partial charge >= 0.3 is 0 Å². The Labute approximate surface area is 196 Å². The van der Waals surface area contributed by atoms with Gasteiger partial charge in [-0.1, -0.05) is 68.5 Å². The Morgan fingerprint density at radius 1 is 1.15 bits per heavy atom. The minimum atomic E-state index is -0.496. The van der Waals surface area contributed by atoms with E-state index in [1.165, 1.54) is 0 Å². The van der Waals surface area contributed by atoms with Crippen LogP contribution in [0.15, 0.2) is 61.4 Å². The van der Waals surface area contributed by atoms with Crippen molar-refractivity contribution < 1.29 is 0 Å². The molecule has 4 N–H and O–H groups in total. The highest BCUT2D eigenvalue weighted by Crippen LogP contribution is 2.23. The van der Waals surface area contributed by atoms with Gasteiger partial charge in [0.05, 0.1) is 23.5 Å². The lowest BCUT2D eigenvalue weighted by atomic mass is 9.86. The molecular formula is C27H32N6. The maximum absolute atomic E-state index is 9.36. The number of nitriles is 1. The molecule has 3 rings (SSSR count). The monoisotopic (exact) mass is 440 g/mol. The Kier molecular flexibility index (Phi) is 7.34. The molecule has 0 saturated carbocycles. The number of hydrogen-bond donors (Lipinski definition) is 3. The molecule has 2 aromatic carbocycles. The molecule has 0 amide bonds. The van der Waals surface area contributed by atoms with E-state index in [9.17, 15) is 5.26 Å². The molecule has 6 heteroatoms. The quantitative estimate of drug-likeness (QED) is 0.313. The van der Waals surface area contributed by atoms with Crippen LogP contribution in [0, 0.1) is 16.7 Å². The SMILES string of the molecule is C=C(NCc1ccc(C(=N)N)cc1)c1ncn(Cc2ccc(C(C)(C)C#N)cc2)c1CCC. The molecule has 0 bridgehead atoms. The zero-order valence-corrected chi connectivity index (χ0v) is 19.7. The van der Waals surface area contributed by atoms with Crippen LogP contribution in [0.5, 0.6) is 0 Å². The summed E-state index contributed by atoms with van der Waals surface area (Å²) < 4.78 is 2.18. The van der Waals surface area contributed by atoms with Crippen molar-refractivity contribution in [1.82, 2.24) is 14.9 Å². The van der Waals surface area contributed by atoms with Crippen LogP contribution in [0.4, 0.5) is 0 Å². The first-order valence-electron chi connectivity index (χ1n) is 11.2. The van der Waals surface area contributed by atoms with E-state index in [2.05, 4.69) is 46.6 Å². The zero-order valence-electron chi connectivity index (χ0n) is 19.7. The van der Waals surface area contributed by atoms with Crippen molar-refractivity contribution in [2.45, 2.75) is 52.1 Å². The second kappa shape index (κ2) is 10.2. The topological polar surface area (TPSA) is 104 Å². The molecule has 0 atom stereocenters. The normalized spacial score (nSPS) is 11.1. The number of amidine groups is 1. The second-order valence-corrected chi connectivity index (χ2v) is 8.79. The van der Waals surface area contributed by atoms with Crippen LogP contribution in [0.1, 0.15) is 60.8 Å². The summed E-state index contributed by atoms with van der Waals surface area (Å²) >= 11 is 0. The lowest BCUT2D eigenvalue weighted by Gasteiger charge is -2.16. The molecule has 1 heterocycles. The number of aromatic nitrogens is 2. The Morgan fingerprint density at radius 3 is 2.36 bits per heavy atom. The molecule has 0 aliphatic carbocycles. The van der Waals surface area contributed by atoms with Crippen molar-refractivity contribution in [1.29, 1.82) is 10.7 Å². The summed E-state index contributed by atoms with van der Waals surface area (Å²) in [7, 11) is 0. The average molecular weight is 441 g/mol. The van der Waals surface area contributed by atoms with E-state index in [0.717, 1.165) is 53.2 Å². The fourth-order valence-electron chi connectivity index (χ4n) is 3.68. The Hall–Kier alpha value is -3.85. The number of nitrogen functional groups attached to an aromatic ring is 1. The van der Waals surface area contributed by atoms with Crippen LogP contribution < -0.4 is 11.1 Å². The maximum Gasteiger partial charge on any atom is 0.122 e. The molecule has 170 valence electrons. The molecule has 33 heavy (non-hydrogen) atoms. The highest BCUT2D eigenvalue weighted by molar-refractivity contribution is 5.94. The van der Waals surface area contributed by atoms with Crippen LogP contribution in [0.3, 0.4) is 0 Å². The number of benzene rings is 2. The van der Waals surface area contributed by atoms with Crippen molar-refractivity contribution in [3.8, 4) is 6.07 Å². The van der Waals surface area contributed by atoms with Gasteiger partial charge in [-0.15, -0.1) is 0 Å². The summed E-state index contributed by atoms with van der Waals surface area (Å²) in [4.78, 5) is 4.66. The second-order valence-electron chi connectivity index (χ2n) is 8.79. The van der Waals surface area contributed by atoms with Crippen LogP contribution >= 0.6 is 0 Å². The number of nitrogens with one attached hydrogen (secondary N) is 2. The largest absolute Gasteiger partial charge is 0.384 e. The fourth-order valence-corrected chi connectivity index (χ4v) is 3.68. The van der Waals surface area contributed by atoms with Gasteiger partial charge in [0, 0.05) is 24.3 Å². The third-order valence-electron chi connectivity index (χ3n) is 5.80. The first kappa shape index (κ1) is 23.8. The van der Waals surface area contributed by atoms with Gasteiger partial charge in [-0.2, -0.15) is 5.26 Å². The standard InChI is InChI=1S/C27H32N6/c1-5-6-24-25(19(2)31-15-20-7-11-22(12-8-20)26(29)30)32-18-33(24)16-21-9-13-23(14-10-21)27(3,4)17-28/h7-14,18,31H,2,5-6,15-16H2,1,3-4H3,(H3,29,30). The minimum absolute atomic E-state index is 0.0667. The Morgan fingerprint density at radius 2 is 1.79 bits per heavy atom. The average Bonchev–Trinajstić information content (AvgIpc) is 3.20. The lowest BCUT2D eigenvalue weighted by Crippen LogP contribution is -2.15. The van der Waals surface area contributed by atoms with Gasteiger partial charge in [0.25, 0.3) is 0 Å². The van der Waals surface area contributed by atoms with Crippen molar-refractivity contribution in [3.63, 3.8) is 0 Å². The van der Waals surface area contributed by atoms with Crippen molar-refractivity contribution in [2.75, 3.05) is 0 Å². The minimum Gasteiger partial charge on any atom is -0.384 e. The van der Waals surface area contributed by atoms with E-state index >= 15 is 0 Å². The van der Waals surface area contributed by atoms with Crippen LogP contribution in [-0.4, -0.2) is 15.4 Å². The number of hydrogen-bond acceptors (Lipinski definition) is 4. The smallest absolute Gasteiger partial charge is 0.122 e. The van der Waals surface area contributed by atoms with Gasteiger partial charge < -0.3 is 15.6 Å². The van der Waals surface area contributed by atoms with E-state index in [1.54, 1.807) is 0 Å². The summed E-state index contributed by atoms with van der Waals surface area (Å²) in [6.07, 6.45) is 3.79. The number of imidazole rings is 1. The third-order valence-corrected chi connectivity index (χ3v) is 5.80. The summed E-state index contributed by atoms with van der Waals surface area (Å²) in [5.41, 5.74) is 11.8. The summed E-state index contributed by atoms with van der Waals surface area (Å²) in [6, 6.07) is 18.2. The van der Waals surface area contributed by atoms with Crippen molar-refractivity contribution in [3.05, 3.63) is 95.1 Å². The van der Waals surface area contributed by atoms with Crippen molar-refractivity contribution in [2.24, 2.45) is 5.73 Å². The zero-order chi connectivity index (χ0) is 24.0. The molecule has 0 saturated heterocycles. The van der Waals surface area contributed by atoms with Gasteiger partial charge in [0.15, 0.2) is 0 Å². The molecular weight excluding hydrogens is 408 g/mol. The van der Waals surface area contributed by atoms with Crippen molar-refractivity contribution >= 4 is 11.5 Å². The van der Waals surface area contributed by atoms with E-state index in [4.69, 9.17) is 11.1 Å². The predicted molar refractivity (Wildman–Crippen MR) is 134 cm³/mol.